The lowest BCUT2D eigenvalue weighted by Crippen LogP contribution is -2.36. The van der Waals surface area contributed by atoms with Gasteiger partial charge in [-0.1, -0.05) is 259 Å². The zero-order valence-electron chi connectivity index (χ0n) is 51.6. The maximum atomic E-state index is 13.4. The van der Waals surface area contributed by atoms with Gasteiger partial charge in [-0.3, -0.25) is 9.59 Å². The Kier molecular flexibility index (Phi) is 56.8. The minimum Gasteiger partial charge on any atom is -0.465 e. The standard InChI is InChI=1S/C66H131N3O6/c1-8-12-16-20-24-28-30-34-38-42-51-62(50-40-36-32-26-22-18-14-10-3)64(70)73-59-45-44-55-68(7)56-49-58-69(57-48-54-67(5)6)66(72)75-61-47-46-60-74-65(71)63(52-41-37-33-27-23-19-15-11-4)53-43-39-35-31-29-25-21-17-13-9-2/h62-63H,8-61H2,1-7H3. The first-order chi connectivity index (χ1) is 36.7. The molecule has 0 aliphatic carbocycles. The van der Waals surface area contributed by atoms with E-state index in [1.165, 1.54) is 205 Å². The lowest BCUT2D eigenvalue weighted by molar-refractivity contribution is -0.150. The predicted octanol–water partition coefficient (Wildman–Crippen LogP) is 19.3. The maximum absolute atomic E-state index is 13.4. The molecule has 0 saturated carbocycles. The lowest BCUT2D eigenvalue weighted by atomic mass is 9.94. The Morgan fingerprint density at radius 3 is 0.880 bits per heavy atom. The Balaban J connectivity index is 4.77. The minimum absolute atomic E-state index is 0.00685. The first kappa shape index (κ1) is 73.1. The molecule has 0 spiro atoms. The molecule has 0 aromatic carbocycles. The molecule has 0 radical (unpaired) electrons. The molecule has 0 saturated heterocycles. The number of rotatable bonds is 60. The molecule has 0 heterocycles. The van der Waals surface area contributed by atoms with E-state index >= 15 is 0 Å². The molecule has 0 aromatic rings. The Morgan fingerprint density at radius 1 is 0.293 bits per heavy atom. The van der Waals surface area contributed by atoms with E-state index in [1.807, 2.05) is 4.90 Å². The van der Waals surface area contributed by atoms with Crippen molar-refractivity contribution in [2.24, 2.45) is 11.8 Å². The fraction of sp³-hybridized carbons (Fsp3) is 0.955. The topological polar surface area (TPSA) is 88.6 Å². The summed E-state index contributed by atoms with van der Waals surface area (Å²) in [6.07, 6.45) is 55.4. The quantitative estimate of drug-likeness (QED) is 0.0338. The first-order valence-electron chi connectivity index (χ1n) is 33.3. The van der Waals surface area contributed by atoms with Gasteiger partial charge in [0.2, 0.25) is 0 Å². The maximum Gasteiger partial charge on any atom is 0.409 e. The number of carbonyl (C=O) groups is 3. The molecular weight excluding hydrogens is 931 g/mol. The van der Waals surface area contributed by atoms with Crippen molar-refractivity contribution in [1.82, 2.24) is 14.7 Å². The molecule has 0 bridgehead atoms. The van der Waals surface area contributed by atoms with E-state index in [4.69, 9.17) is 14.2 Å². The highest BCUT2D eigenvalue weighted by Gasteiger charge is 2.21. The molecule has 0 fully saturated rings. The number of carbonyl (C=O) groups excluding carboxylic acids is 3. The van der Waals surface area contributed by atoms with Crippen LogP contribution in [0.15, 0.2) is 0 Å². The van der Waals surface area contributed by atoms with Crippen molar-refractivity contribution in [2.75, 3.05) is 73.7 Å². The van der Waals surface area contributed by atoms with Gasteiger partial charge in [-0.15, -0.1) is 0 Å². The van der Waals surface area contributed by atoms with E-state index in [0.717, 1.165) is 96.7 Å². The molecule has 0 aromatic heterocycles. The first-order valence-corrected chi connectivity index (χ1v) is 33.3. The van der Waals surface area contributed by atoms with E-state index in [0.29, 0.717) is 45.8 Å². The van der Waals surface area contributed by atoms with Gasteiger partial charge in [-0.25, -0.2) is 4.79 Å². The number of amides is 1. The highest BCUT2D eigenvalue weighted by molar-refractivity contribution is 5.72. The van der Waals surface area contributed by atoms with Gasteiger partial charge in [0.25, 0.3) is 0 Å². The van der Waals surface area contributed by atoms with Crippen LogP contribution in [0.25, 0.3) is 0 Å². The molecule has 75 heavy (non-hydrogen) atoms. The summed E-state index contributed by atoms with van der Waals surface area (Å²) in [5.74, 6) is 0.0750. The zero-order valence-corrected chi connectivity index (χ0v) is 51.6. The summed E-state index contributed by atoms with van der Waals surface area (Å²) in [7, 11) is 6.28. The third-order valence-electron chi connectivity index (χ3n) is 15.7. The van der Waals surface area contributed by atoms with Crippen LogP contribution in [-0.2, 0) is 23.8 Å². The molecule has 0 rings (SSSR count). The number of hydrogen-bond acceptors (Lipinski definition) is 8. The average Bonchev–Trinajstić information content (AvgIpc) is 3.40. The van der Waals surface area contributed by atoms with Crippen molar-refractivity contribution in [3.8, 4) is 0 Å². The third kappa shape index (κ3) is 51.3. The largest absolute Gasteiger partial charge is 0.465 e. The smallest absolute Gasteiger partial charge is 0.409 e. The molecule has 9 heteroatoms. The van der Waals surface area contributed by atoms with Crippen LogP contribution in [-0.4, -0.2) is 106 Å². The molecule has 2 atom stereocenters. The molecule has 0 aliphatic rings. The molecule has 446 valence electrons. The van der Waals surface area contributed by atoms with Gasteiger partial charge in [-0.2, -0.15) is 0 Å². The van der Waals surface area contributed by atoms with E-state index in [-0.39, 0.29) is 29.9 Å². The van der Waals surface area contributed by atoms with Crippen LogP contribution in [0.3, 0.4) is 0 Å². The Bertz CT molecular complexity index is 1200. The number of nitrogens with zero attached hydrogens (tertiary/aromatic N) is 3. The van der Waals surface area contributed by atoms with Gasteiger partial charge in [-0.05, 0) is 105 Å². The van der Waals surface area contributed by atoms with Crippen molar-refractivity contribution < 1.29 is 28.6 Å². The second kappa shape index (κ2) is 58.3. The van der Waals surface area contributed by atoms with Crippen LogP contribution < -0.4 is 0 Å². The number of esters is 2. The Hall–Kier alpha value is -1.87. The fourth-order valence-corrected chi connectivity index (χ4v) is 10.6. The molecule has 9 nitrogen and oxygen atoms in total. The van der Waals surface area contributed by atoms with Gasteiger partial charge in [0.1, 0.15) is 0 Å². The van der Waals surface area contributed by atoms with Crippen molar-refractivity contribution in [1.29, 1.82) is 0 Å². The van der Waals surface area contributed by atoms with Crippen LogP contribution in [0.5, 0.6) is 0 Å². The van der Waals surface area contributed by atoms with Crippen LogP contribution in [0, 0.1) is 11.8 Å². The van der Waals surface area contributed by atoms with E-state index < -0.39 is 0 Å². The lowest BCUT2D eigenvalue weighted by Gasteiger charge is -2.24. The summed E-state index contributed by atoms with van der Waals surface area (Å²) in [6, 6.07) is 0. The highest BCUT2D eigenvalue weighted by Crippen LogP contribution is 2.24. The summed E-state index contributed by atoms with van der Waals surface area (Å²) in [4.78, 5) is 46.4. The summed E-state index contributed by atoms with van der Waals surface area (Å²) in [6.45, 7) is 14.4. The van der Waals surface area contributed by atoms with Crippen molar-refractivity contribution in [2.45, 2.75) is 323 Å². The van der Waals surface area contributed by atoms with Gasteiger partial charge in [0.05, 0.1) is 31.7 Å². The second-order valence-corrected chi connectivity index (χ2v) is 23.5. The average molecular weight is 1060 g/mol. The Morgan fingerprint density at radius 2 is 0.560 bits per heavy atom. The van der Waals surface area contributed by atoms with E-state index in [9.17, 15) is 14.4 Å². The van der Waals surface area contributed by atoms with Crippen LogP contribution in [0.1, 0.15) is 323 Å². The van der Waals surface area contributed by atoms with E-state index in [1.54, 1.807) is 0 Å². The van der Waals surface area contributed by atoms with Crippen LogP contribution in [0.4, 0.5) is 4.79 Å². The fourth-order valence-electron chi connectivity index (χ4n) is 10.6. The second-order valence-electron chi connectivity index (χ2n) is 23.5. The van der Waals surface area contributed by atoms with Gasteiger partial charge < -0.3 is 28.9 Å². The third-order valence-corrected chi connectivity index (χ3v) is 15.7. The summed E-state index contributed by atoms with van der Waals surface area (Å²) in [5, 5.41) is 0. The van der Waals surface area contributed by atoms with Crippen molar-refractivity contribution in [3.63, 3.8) is 0 Å². The highest BCUT2D eigenvalue weighted by atomic mass is 16.6. The summed E-state index contributed by atoms with van der Waals surface area (Å²) < 4.78 is 17.6. The summed E-state index contributed by atoms with van der Waals surface area (Å²) >= 11 is 0. The minimum atomic E-state index is -0.244. The Labute approximate surface area is 468 Å². The van der Waals surface area contributed by atoms with Crippen molar-refractivity contribution >= 4 is 18.0 Å². The molecule has 2 unspecified atom stereocenters. The number of hydrogen-bond donors (Lipinski definition) is 0. The molecular formula is C66H131N3O6. The van der Waals surface area contributed by atoms with Gasteiger partial charge in [0.15, 0.2) is 0 Å². The monoisotopic (exact) mass is 1060 g/mol. The molecule has 0 N–H and O–H groups in total. The van der Waals surface area contributed by atoms with Crippen LogP contribution in [0.2, 0.25) is 0 Å². The zero-order chi connectivity index (χ0) is 54.9. The van der Waals surface area contributed by atoms with Gasteiger partial charge >= 0.3 is 18.0 Å². The predicted molar refractivity (Wildman–Crippen MR) is 323 cm³/mol. The van der Waals surface area contributed by atoms with E-state index in [2.05, 4.69) is 58.6 Å². The number of unbranched alkanes of at least 4 members (excludes halogenated alkanes) is 34. The van der Waals surface area contributed by atoms with Gasteiger partial charge in [0, 0.05) is 13.1 Å². The number of ether oxygens (including phenoxy) is 3. The SMILES string of the molecule is CCCCCCCCCCCCC(CCCCCCCCCC)C(=O)OCCCCOC(=O)N(CCCN(C)C)CCCN(C)CCCCOC(=O)C(CCCCCCCCCC)CCCCCCCCCCCC. The summed E-state index contributed by atoms with van der Waals surface area (Å²) in [5.41, 5.74) is 0. The normalized spacial score (nSPS) is 12.4. The molecule has 0 aliphatic heterocycles. The van der Waals surface area contributed by atoms with Crippen molar-refractivity contribution in [3.05, 3.63) is 0 Å². The molecule has 1 amide bonds. The van der Waals surface area contributed by atoms with Crippen LogP contribution >= 0.6 is 0 Å².